The van der Waals surface area contributed by atoms with Crippen molar-refractivity contribution in [3.63, 3.8) is 0 Å². The van der Waals surface area contributed by atoms with E-state index in [4.69, 9.17) is 4.74 Å². The largest absolute Gasteiger partial charge is 0.441 e. The Morgan fingerprint density at radius 3 is 2.48 bits per heavy atom. The summed E-state index contributed by atoms with van der Waals surface area (Å²) in [5.74, 6) is 0.796. The average molecular weight is 290 g/mol. The molecule has 6 nitrogen and oxygen atoms in total. The summed E-state index contributed by atoms with van der Waals surface area (Å²) in [6, 6.07) is 0. The summed E-state index contributed by atoms with van der Waals surface area (Å²) in [7, 11) is 0. The van der Waals surface area contributed by atoms with Crippen molar-refractivity contribution < 1.29 is 9.53 Å². The van der Waals surface area contributed by atoms with Gasteiger partial charge in [0, 0.05) is 30.9 Å². The second-order valence-electron chi connectivity index (χ2n) is 6.09. The molecule has 3 rings (SSSR count). The van der Waals surface area contributed by atoms with Gasteiger partial charge in [-0.1, -0.05) is 0 Å². The maximum absolute atomic E-state index is 11.3. The van der Waals surface area contributed by atoms with Crippen molar-refractivity contribution in [3.05, 3.63) is 17.0 Å². The number of aromatic nitrogens is 2. The molecule has 3 heterocycles. The zero-order valence-electron chi connectivity index (χ0n) is 12.9. The first-order valence-electron chi connectivity index (χ1n) is 7.53. The Kier molecular flexibility index (Phi) is 3.47. The SMILES string of the molecule is Cc1nc(N2CCCC3(CC2)CNC(=O)O3)nc(C)c1C. The van der Waals surface area contributed by atoms with Crippen LogP contribution in [0, 0.1) is 20.8 Å². The van der Waals surface area contributed by atoms with Crippen molar-refractivity contribution in [2.75, 3.05) is 24.5 Å². The minimum Gasteiger partial charge on any atom is -0.441 e. The normalized spacial score (nSPS) is 25.7. The molecule has 21 heavy (non-hydrogen) atoms. The first kappa shape index (κ1) is 14.1. The standard InChI is InChI=1S/C15H22N4O2/c1-10-11(2)17-13(18-12(10)3)19-7-4-5-15(6-8-19)9-16-14(20)21-15/h4-9H2,1-3H3,(H,16,20). The summed E-state index contributed by atoms with van der Waals surface area (Å²) in [5, 5.41) is 2.78. The van der Waals surface area contributed by atoms with E-state index in [2.05, 4.69) is 27.1 Å². The molecular weight excluding hydrogens is 268 g/mol. The molecule has 1 atom stereocenters. The van der Waals surface area contributed by atoms with Crippen LogP contribution in [-0.2, 0) is 4.74 Å². The lowest BCUT2D eigenvalue weighted by Gasteiger charge is -2.25. The van der Waals surface area contributed by atoms with Crippen molar-refractivity contribution in [2.24, 2.45) is 0 Å². The molecule has 1 aromatic rings. The monoisotopic (exact) mass is 290 g/mol. The number of rotatable bonds is 1. The molecule has 0 radical (unpaired) electrons. The van der Waals surface area contributed by atoms with E-state index in [1.54, 1.807) is 0 Å². The summed E-state index contributed by atoms with van der Waals surface area (Å²) >= 11 is 0. The van der Waals surface area contributed by atoms with E-state index in [-0.39, 0.29) is 11.7 Å². The highest BCUT2D eigenvalue weighted by atomic mass is 16.6. The smallest absolute Gasteiger partial charge is 0.407 e. The third-order valence-corrected chi connectivity index (χ3v) is 4.67. The van der Waals surface area contributed by atoms with Gasteiger partial charge in [0.05, 0.1) is 6.54 Å². The molecule has 1 unspecified atom stereocenters. The molecule has 2 fully saturated rings. The van der Waals surface area contributed by atoms with E-state index in [1.807, 2.05) is 13.8 Å². The lowest BCUT2D eigenvalue weighted by atomic mass is 9.95. The van der Waals surface area contributed by atoms with E-state index in [0.717, 1.165) is 55.3 Å². The molecule has 0 saturated carbocycles. The third-order valence-electron chi connectivity index (χ3n) is 4.67. The molecule has 0 aromatic carbocycles. The minimum atomic E-state index is -0.333. The maximum Gasteiger partial charge on any atom is 0.407 e. The molecule has 2 saturated heterocycles. The van der Waals surface area contributed by atoms with Gasteiger partial charge in [0.15, 0.2) is 0 Å². The Labute approximate surface area is 124 Å². The van der Waals surface area contributed by atoms with E-state index in [9.17, 15) is 4.79 Å². The van der Waals surface area contributed by atoms with Crippen LogP contribution in [0.25, 0.3) is 0 Å². The van der Waals surface area contributed by atoms with Crippen molar-refractivity contribution >= 4 is 12.0 Å². The van der Waals surface area contributed by atoms with Crippen LogP contribution in [0.3, 0.4) is 0 Å². The van der Waals surface area contributed by atoms with Gasteiger partial charge < -0.3 is 15.0 Å². The molecule has 6 heteroatoms. The van der Waals surface area contributed by atoms with E-state index in [1.165, 1.54) is 0 Å². The van der Waals surface area contributed by atoms with Gasteiger partial charge >= 0.3 is 6.09 Å². The van der Waals surface area contributed by atoms with Crippen molar-refractivity contribution in [2.45, 2.75) is 45.6 Å². The van der Waals surface area contributed by atoms with Crippen LogP contribution in [0.5, 0.6) is 0 Å². The Hall–Kier alpha value is -1.85. The van der Waals surface area contributed by atoms with E-state index >= 15 is 0 Å². The Morgan fingerprint density at radius 2 is 1.86 bits per heavy atom. The first-order chi connectivity index (χ1) is 9.99. The van der Waals surface area contributed by atoms with Crippen molar-refractivity contribution in [3.8, 4) is 0 Å². The zero-order chi connectivity index (χ0) is 15.0. The van der Waals surface area contributed by atoms with Gasteiger partial charge in [0.2, 0.25) is 5.95 Å². The molecule has 1 aromatic heterocycles. The number of alkyl carbamates (subject to hydrolysis) is 1. The van der Waals surface area contributed by atoms with Crippen LogP contribution in [0.15, 0.2) is 0 Å². The molecule has 0 bridgehead atoms. The maximum atomic E-state index is 11.3. The Balaban J connectivity index is 1.78. The molecule has 2 aliphatic rings. The van der Waals surface area contributed by atoms with Gasteiger partial charge in [-0.25, -0.2) is 14.8 Å². The molecule has 2 aliphatic heterocycles. The molecule has 1 spiro atoms. The number of ether oxygens (including phenoxy) is 1. The fourth-order valence-electron chi connectivity index (χ4n) is 3.04. The zero-order valence-corrected chi connectivity index (χ0v) is 12.9. The second-order valence-corrected chi connectivity index (χ2v) is 6.09. The number of carbonyl (C=O) groups is 1. The van der Waals surface area contributed by atoms with Crippen LogP contribution in [0.1, 0.15) is 36.2 Å². The van der Waals surface area contributed by atoms with Gasteiger partial charge in [0.1, 0.15) is 5.60 Å². The van der Waals surface area contributed by atoms with E-state index < -0.39 is 0 Å². The van der Waals surface area contributed by atoms with Crippen LogP contribution in [-0.4, -0.2) is 41.3 Å². The number of anilines is 1. The van der Waals surface area contributed by atoms with Gasteiger partial charge in [-0.05, 0) is 39.2 Å². The highest BCUT2D eigenvalue weighted by molar-refractivity contribution is 5.70. The third kappa shape index (κ3) is 2.66. The number of amides is 1. The second kappa shape index (κ2) is 5.16. The minimum absolute atomic E-state index is 0.290. The molecular formula is C15H22N4O2. The molecule has 114 valence electrons. The average Bonchev–Trinajstić information content (AvgIpc) is 2.68. The van der Waals surface area contributed by atoms with E-state index in [0.29, 0.717) is 6.54 Å². The van der Waals surface area contributed by atoms with Gasteiger partial charge in [-0.3, -0.25) is 0 Å². The number of hydrogen-bond donors (Lipinski definition) is 1. The Morgan fingerprint density at radius 1 is 1.14 bits per heavy atom. The van der Waals surface area contributed by atoms with Gasteiger partial charge in [-0.15, -0.1) is 0 Å². The van der Waals surface area contributed by atoms with Crippen LogP contribution >= 0.6 is 0 Å². The summed E-state index contributed by atoms with van der Waals surface area (Å²) in [5.41, 5.74) is 2.88. The fourth-order valence-corrected chi connectivity index (χ4v) is 3.04. The number of carbonyl (C=O) groups excluding carboxylic acids is 1. The number of hydrogen-bond acceptors (Lipinski definition) is 5. The quantitative estimate of drug-likeness (QED) is 0.855. The summed E-state index contributed by atoms with van der Waals surface area (Å²) in [6.45, 7) is 8.44. The number of aryl methyl sites for hydroxylation is 2. The highest BCUT2D eigenvalue weighted by Crippen LogP contribution is 2.30. The number of nitrogens with one attached hydrogen (secondary N) is 1. The summed E-state index contributed by atoms with van der Waals surface area (Å²) < 4.78 is 5.50. The highest BCUT2D eigenvalue weighted by Gasteiger charge is 2.41. The predicted molar refractivity (Wildman–Crippen MR) is 79.5 cm³/mol. The first-order valence-corrected chi connectivity index (χ1v) is 7.53. The molecule has 0 aliphatic carbocycles. The summed E-state index contributed by atoms with van der Waals surface area (Å²) in [6.07, 6.45) is 2.40. The lowest BCUT2D eigenvalue weighted by Crippen LogP contribution is -2.35. The van der Waals surface area contributed by atoms with Crippen LogP contribution in [0.4, 0.5) is 10.7 Å². The van der Waals surface area contributed by atoms with Crippen LogP contribution in [0.2, 0.25) is 0 Å². The summed E-state index contributed by atoms with van der Waals surface area (Å²) in [4.78, 5) is 22.8. The lowest BCUT2D eigenvalue weighted by molar-refractivity contribution is 0.0473. The van der Waals surface area contributed by atoms with Gasteiger partial charge in [0.25, 0.3) is 0 Å². The Bertz CT molecular complexity index is 552. The van der Waals surface area contributed by atoms with Gasteiger partial charge in [-0.2, -0.15) is 0 Å². The fraction of sp³-hybridized carbons (Fsp3) is 0.667. The molecule has 1 N–H and O–H groups in total. The topological polar surface area (TPSA) is 67.4 Å². The van der Waals surface area contributed by atoms with Crippen molar-refractivity contribution in [1.29, 1.82) is 0 Å². The number of nitrogens with zero attached hydrogens (tertiary/aromatic N) is 3. The predicted octanol–water partition coefficient (Wildman–Crippen LogP) is 1.87. The van der Waals surface area contributed by atoms with Crippen LogP contribution < -0.4 is 10.2 Å². The van der Waals surface area contributed by atoms with Crippen molar-refractivity contribution in [1.82, 2.24) is 15.3 Å². The molecule has 1 amide bonds.